The Kier molecular flexibility index (Phi) is 5.72. The fraction of sp³-hybridized carbons (Fsp3) is 0.391. The first-order chi connectivity index (χ1) is 16.3. The van der Waals surface area contributed by atoms with E-state index in [0.717, 1.165) is 18.4 Å². The van der Waals surface area contributed by atoms with Crippen LogP contribution in [-0.2, 0) is 21.1 Å². The first-order valence-corrected chi connectivity index (χ1v) is 13.0. The van der Waals surface area contributed by atoms with Crippen molar-refractivity contribution in [3.8, 4) is 11.6 Å². The highest BCUT2D eigenvalue weighted by molar-refractivity contribution is 7.91. The lowest BCUT2D eigenvalue weighted by Gasteiger charge is -2.22. The molecule has 0 spiro atoms. The molecule has 0 saturated carbocycles. The maximum absolute atomic E-state index is 12.8. The largest absolute Gasteiger partial charge is 0.437 e. The van der Waals surface area contributed by atoms with Gasteiger partial charge in [-0.25, -0.2) is 18.4 Å². The molecule has 2 amide bonds. The zero-order chi connectivity index (χ0) is 23.9. The standard InChI is InChI=1S/C23H25N5O5S/c1-13(29)26-19-5-3-14-2-4-16(10-17(14)19)33-20-12-25-22-21(28-20)18(11-24-22)23(30)27-15-6-8-34(31,32)9-7-15/h2,4,10-12,15,19H,3,5-9H2,1H3,(H,24,25)(H,26,29)(H,27,30)/t19-/m1/s1. The second kappa shape index (κ2) is 8.71. The van der Waals surface area contributed by atoms with E-state index in [0.29, 0.717) is 35.3 Å². The van der Waals surface area contributed by atoms with Gasteiger partial charge >= 0.3 is 0 Å². The Morgan fingerprint density at radius 3 is 2.71 bits per heavy atom. The van der Waals surface area contributed by atoms with Crippen LogP contribution in [0.15, 0.2) is 30.6 Å². The van der Waals surface area contributed by atoms with Gasteiger partial charge in [0.25, 0.3) is 5.91 Å². The first kappa shape index (κ1) is 22.3. The number of fused-ring (bicyclic) bond motifs is 2. The van der Waals surface area contributed by atoms with Crippen LogP contribution >= 0.6 is 0 Å². The molecule has 0 radical (unpaired) electrons. The Morgan fingerprint density at radius 1 is 1.15 bits per heavy atom. The van der Waals surface area contributed by atoms with Crippen molar-refractivity contribution in [1.29, 1.82) is 0 Å². The summed E-state index contributed by atoms with van der Waals surface area (Å²) in [5.74, 6) is 0.542. The zero-order valence-corrected chi connectivity index (χ0v) is 19.4. The minimum absolute atomic E-state index is 0.0423. The maximum Gasteiger partial charge on any atom is 0.255 e. The fourth-order valence-corrected chi connectivity index (χ4v) is 6.05. The van der Waals surface area contributed by atoms with Gasteiger partial charge in [-0.3, -0.25) is 9.59 Å². The van der Waals surface area contributed by atoms with Crippen molar-refractivity contribution in [3.63, 3.8) is 0 Å². The number of hydrogen-bond donors (Lipinski definition) is 3. The summed E-state index contributed by atoms with van der Waals surface area (Å²) in [5, 5.41) is 5.87. The molecule has 1 aromatic carbocycles. The molecule has 34 heavy (non-hydrogen) atoms. The van der Waals surface area contributed by atoms with Crippen molar-refractivity contribution in [3.05, 3.63) is 47.3 Å². The fourth-order valence-electron chi connectivity index (χ4n) is 4.55. The van der Waals surface area contributed by atoms with Crippen molar-refractivity contribution in [2.75, 3.05) is 11.5 Å². The molecule has 1 saturated heterocycles. The summed E-state index contributed by atoms with van der Waals surface area (Å²) in [6, 6.07) is 5.49. The van der Waals surface area contributed by atoms with E-state index in [-0.39, 0.29) is 41.3 Å². The van der Waals surface area contributed by atoms with Gasteiger partial charge in [0.1, 0.15) is 21.1 Å². The smallest absolute Gasteiger partial charge is 0.255 e. The van der Waals surface area contributed by atoms with Gasteiger partial charge in [0.05, 0.1) is 29.3 Å². The van der Waals surface area contributed by atoms with Gasteiger partial charge in [-0.2, -0.15) is 0 Å². The van der Waals surface area contributed by atoms with Crippen molar-refractivity contribution in [2.45, 2.75) is 44.7 Å². The van der Waals surface area contributed by atoms with E-state index in [1.54, 1.807) is 0 Å². The molecule has 10 nitrogen and oxygen atoms in total. The Balaban J connectivity index is 1.34. The molecule has 1 fully saturated rings. The van der Waals surface area contributed by atoms with E-state index in [9.17, 15) is 18.0 Å². The van der Waals surface area contributed by atoms with Crippen molar-refractivity contribution < 1.29 is 22.7 Å². The summed E-state index contributed by atoms with van der Waals surface area (Å²) >= 11 is 0. The summed E-state index contributed by atoms with van der Waals surface area (Å²) in [6.07, 6.45) is 5.55. The van der Waals surface area contributed by atoms with E-state index in [4.69, 9.17) is 4.74 Å². The second-order valence-corrected chi connectivity index (χ2v) is 11.1. The molecule has 0 unspecified atom stereocenters. The monoisotopic (exact) mass is 483 g/mol. The van der Waals surface area contributed by atoms with Gasteiger partial charge in [0, 0.05) is 19.2 Å². The van der Waals surface area contributed by atoms with E-state index < -0.39 is 9.84 Å². The lowest BCUT2D eigenvalue weighted by atomic mass is 10.1. The summed E-state index contributed by atoms with van der Waals surface area (Å²) in [4.78, 5) is 36.1. The number of nitrogens with zero attached hydrogens (tertiary/aromatic N) is 2. The highest BCUT2D eigenvalue weighted by Gasteiger charge is 2.27. The number of aryl methyl sites for hydroxylation is 1. The van der Waals surface area contributed by atoms with Crippen LogP contribution in [0.4, 0.5) is 0 Å². The molecule has 1 atom stereocenters. The maximum atomic E-state index is 12.8. The van der Waals surface area contributed by atoms with Crippen LogP contribution in [0.5, 0.6) is 11.6 Å². The molecule has 1 aliphatic heterocycles. The zero-order valence-electron chi connectivity index (χ0n) is 18.6. The number of aromatic amines is 1. The predicted molar refractivity (Wildman–Crippen MR) is 124 cm³/mol. The first-order valence-electron chi connectivity index (χ1n) is 11.2. The second-order valence-electron chi connectivity index (χ2n) is 8.76. The minimum atomic E-state index is -3.01. The van der Waals surface area contributed by atoms with E-state index in [1.165, 1.54) is 24.9 Å². The van der Waals surface area contributed by atoms with E-state index in [1.807, 2.05) is 18.2 Å². The number of amides is 2. The summed E-state index contributed by atoms with van der Waals surface area (Å²) in [5.41, 5.74) is 3.34. The van der Waals surface area contributed by atoms with Crippen LogP contribution in [0.1, 0.15) is 53.7 Å². The molecule has 1 aliphatic carbocycles. The van der Waals surface area contributed by atoms with Crippen LogP contribution in [0.3, 0.4) is 0 Å². The van der Waals surface area contributed by atoms with Crippen LogP contribution in [0.2, 0.25) is 0 Å². The normalized spacial score (nSPS) is 19.5. The third-order valence-electron chi connectivity index (χ3n) is 6.29. The highest BCUT2D eigenvalue weighted by atomic mass is 32.2. The average Bonchev–Trinajstić information content (AvgIpc) is 3.39. The number of aromatic nitrogens is 3. The lowest BCUT2D eigenvalue weighted by Crippen LogP contribution is -2.40. The van der Waals surface area contributed by atoms with Crippen molar-refractivity contribution in [2.24, 2.45) is 0 Å². The summed E-state index contributed by atoms with van der Waals surface area (Å²) < 4.78 is 29.2. The molecular formula is C23H25N5O5S. The Labute approximate surface area is 196 Å². The number of rotatable bonds is 5. The third-order valence-corrected chi connectivity index (χ3v) is 8.00. The highest BCUT2D eigenvalue weighted by Crippen LogP contribution is 2.35. The van der Waals surface area contributed by atoms with Gasteiger partial charge in [-0.1, -0.05) is 6.07 Å². The topological polar surface area (TPSA) is 143 Å². The van der Waals surface area contributed by atoms with Crippen LogP contribution in [-0.4, -0.2) is 52.7 Å². The Morgan fingerprint density at radius 2 is 1.94 bits per heavy atom. The molecule has 3 N–H and O–H groups in total. The number of ether oxygens (including phenoxy) is 1. The van der Waals surface area contributed by atoms with Crippen LogP contribution < -0.4 is 15.4 Å². The molecule has 178 valence electrons. The predicted octanol–water partition coefficient (Wildman–Crippen LogP) is 2.18. The number of carbonyl (C=O) groups excluding carboxylic acids is 2. The van der Waals surface area contributed by atoms with Gasteiger partial charge in [0.2, 0.25) is 11.8 Å². The molecule has 0 bridgehead atoms. The van der Waals surface area contributed by atoms with Crippen LogP contribution in [0, 0.1) is 0 Å². The van der Waals surface area contributed by atoms with Crippen molar-refractivity contribution in [1.82, 2.24) is 25.6 Å². The number of nitrogens with one attached hydrogen (secondary N) is 3. The Bertz CT molecular complexity index is 1370. The summed E-state index contributed by atoms with van der Waals surface area (Å²) in [6.45, 7) is 1.50. The number of carbonyl (C=O) groups is 2. The van der Waals surface area contributed by atoms with Crippen LogP contribution in [0.25, 0.3) is 11.2 Å². The number of sulfone groups is 1. The number of hydrogen-bond acceptors (Lipinski definition) is 7. The van der Waals surface area contributed by atoms with Gasteiger partial charge < -0.3 is 20.4 Å². The Hall–Kier alpha value is -3.47. The van der Waals surface area contributed by atoms with Gasteiger partial charge in [-0.15, -0.1) is 0 Å². The number of benzene rings is 1. The lowest BCUT2D eigenvalue weighted by molar-refractivity contribution is -0.119. The third kappa shape index (κ3) is 4.60. The van der Waals surface area contributed by atoms with E-state index >= 15 is 0 Å². The van der Waals surface area contributed by atoms with Gasteiger partial charge in [0.15, 0.2) is 5.65 Å². The van der Waals surface area contributed by atoms with E-state index in [2.05, 4.69) is 25.6 Å². The molecule has 5 rings (SSSR count). The SMILES string of the molecule is CC(=O)N[C@@H]1CCc2ccc(Oc3cnc4[nH]cc(C(=O)NC5CCS(=O)(=O)CC5)c4n3)cc21. The summed E-state index contributed by atoms with van der Waals surface area (Å²) in [7, 11) is -3.01. The molecular weight excluding hydrogens is 458 g/mol. The molecule has 11 heteroatoms. The molecule has 3 heterocycles. The molecule has 2 aliphatic rings. The average molecular weight is 484 g/mol. The van der Waals surface area contributed by atoms with Crippen molar-refractivity contribution >= 4 is 32.8 Å². The number of H-pyrrole nitrogens is 1. The minimum Gasteiger partial charge on any atom is -0.437 e. The quantitative estimate of drug-likeness (QED) is 0.505. The molecule has 3 aromatic rings. The molecule has 2 aromatic heterocycles. The van der Waals surface area contributed by atoms with Gasteiger partial charge in [-0.05, 0) is 48.9 Å².